The number of nitrogens with one attached hydrogen (secondary N) is 1. The molecule has 0 radical (unpaired) electrons. The van der Waals surface area contributed by atoms with Crippen LogP contribution in [0.2, 0.25) is 0 Å². The van der Waals surface area contributed by atoms with Crippen LogP contribution in [0, 0.1) is 5.92 Å². The predicted octanol–water partition coefficient (Wildman–Crippen LogP) is 2.62. The molecule has 0 aliphatic carbocycles. The Hall–Kier alpha value is -0.160. The maximum absolute atomic E-state index is 5.63. The molecule has 120 valence electrons. The van der Waals surface area contributed by atoms with Gasteiger partial charge in [-0.3, -0.25) is 0 Å². The fourth-order valence-electron chi connectivity index (χ4n) is 2.38. The molecule has 0 saturated carbocycles. The van der Waals surface area contributed by atoms with Crippen LogP contribution in [-0.4, -0.2) is 52.7 Å². The van der Waals surface area contributed by atoms with E-state index in [1.54, 1.807) is 0 Å². The summed E-state index contributed by atoms with van der Waals surface area (Å²) in [4.78, 5) is 0. The molecule has 1 fully saturated rings. The summed E-state index contributed by atoms with van der Waals surface area (Å²) in [6, 6.07) is 0. The van der Waals surface area contributed by atoms with Crippen molar-refractivity contribution in [3.63, 3.8) is 0 Å². The van der Waals surface area contributed by atoms with Crippen molar-refractivity contribution in [3.05, 3.63) is 0 Å². The van der Waals surface area contributed by atoms with E-state index in [4.69, 9.17) is 14.2 Å². The van der Waals surface area contributed by atoms with E-state index in [-0.39, 0.29) is 0 Å². The monoisotopic (exact) mass is 287 g/mol. The summed E-state index contributed by atoms with van der Waals surface area (Å²) in [5.41, 5.74) is 0. The lowest BCUT2D eigenvalue weighted by Gasteiger charge is -2.14. The van der Waals surface area contributed by atoms with Gasteiger partial charge in [0.05, 0.1) is 26.4 Å². The van der Waals surface area contributed by atoms with Crippen LogP contribution in [0.15, 0.2) is 0 Å². The zero-order chi connectivity index (χ0) is 14.3. The van der Waals surface area contributed by atoms with E-state index in [0.717, 1.165) is 32.1 Å². The molecular weight excluding hydrogens is 254 g/mol. The topological polar surface area (TPSA) is 39.7 Å². The number of hydrogen-bond donors (Lipinski definition) is 1. The Morgan fingerprint density at radius 1 is 0.900 bits per heavy atom. The van der Waals surface area contributed by atoms with Gasteiger partial charge in [-0.1, -0.05) is 19.8 Å². The summed E-state index contributed by atoms with van der Waals surface area (Å²) in [5.74, 6) is 0.797. The molecule has 0 aromatic rings. The molecule has 0 aromatic carbocycles. The van der Waals surface area contributed by atoms with E-state index >= 15 is 0 Å². The van der Waals surface area contributed by atoms with Crippen LogP contribution in [0.5, 0.6) is 0 Å². The normalized spacial score (nSPS) is 19.9. The fraction of sp³-hybridized carbons (Fsp3) is 1.00. The molecule has 20 heavy (non-hydrogen) atoms. The lowest BCUT2D eigenvalue weighted by Crippen LogP contribution is -2.21. The van der Waals surface area contributed by atoms with Crippen molar-refractivity contribution in [2.45, 2.75) is 45.4 Å². The maximum atomic E-state index is 5.63. The van der Waals surface area contributed by atoms with Crippen molar-refractivity contribution in [1.82, 2.24) is 5.32 Å². The third-order valence-electron chi connectivity index (χ3n) is 3.71. The zero-order valence-corrected chi connectivity index (χ0v) is 13.2. The molecule has 1 saturated heterocycles. The molecule has 1 rings (SSSR count). The lowest BCUT2D eigenvalue weighted by atomic mass is 10.0. The predicted molar refractivity (Wildman–Crippen MR) is 82.2 cm³/mol. The summed E-state index contributed by atoms with van der Waals surface area (Å²) in [6.45, 7) is 9.00. The highest BCUT2D eigenvalue weighted by atomic mass is 16.5. The molecule has 4 heteroatoms. The second-order valence-corrected chi connectivity index (χ2v) is 5.55. The van der Waals surface area contributed by atoms with E-state index in [9.17, 15) is 0 Å². The summed E-state index contributed by atoms with van der Waals surface area (Å²) in [5, 5.41) is 3.49. The Balaban J connectivity index is 1.76. The Morgan fingerprint density at radius 2 is 1.60 bits per heavy atom. The lowest BCUT2D eigenvalue weighted by molar-refractivity contribution is 0.0118. The summed E-state index contributed by atoms with van der Waals surface area (Å²) < 4.78 is 16.5. The van der Waals surface area contributed by atoms with Crippen molar-refractivity contribution in [1.29, 1.82) is 0 Å². The van der Waals surface area contributed by atoms with Gasteiger partial charge in [-0.05, 0) is 44.7 Å². The van der Waals surface area contributed by atoms with E-state index < -0.39 is 0 Å². The fourth-order valence-corrected chi connectivity index (χ4v) is 2.38. The molecule has 0 aromatic heterocycles. The van der Waals surface area contributed by atoms with E-state index in [2.05, 4.69) is 12.2 Å². The van der Waals surface area contributed by atoms with Gasteiger partial charge >= 0.3 is 0 Å². The smallest absolute Gasteiger partial charge is 0.0701 e. The Labute approximate surface area is 124 Å². The van der Waals surface area contributed by atoms with E-state index in [1.165, 1.54) is 38.6 Å². The van der Waals surface area contributed by atoms with Crippen molar-refractivity contribution >= 4 is 0 Å². The van der Waals surface area contributed by atoms with Gasteiger partial charge in [-0.25, -0.2) is 0 Å². The Kier molecular flexibility index (Phi) is 12.3. The number of unbranched alkanes of at least 4 members (excludes halogenated alkanes) is 1. The Morgan fingerprint density at radius 3 is 2.35 bits per heavy atom. The van der Waals surface area contributed by atoms with E-state index in [1.807, 2.05) is 0 Å². The maximum Gasteiger partial charge on any atom is 0.0701 e. The molecule has 1 heterocycles. The average molecular weight is 287 g/mol. The minimum atomic E-state index is 0.680. The summed E-state index contributed by atoms with van der Waals surface area (Å²) >= 11 is 0. The van der Waals surface area contributed by atoms with Gasteiger partial charge in [0.25, 0.3) is 0 Å². The number of ether oxygens (including phenoxy) is 3. The highest BCUT2D eigenvalue weighted by molar-refractivity contribution is 4.67. The second kappa shape index (κ2) is 13.8. The minimum absolute atomic E-state index is 0.680. The van der Waals surface area contributed by atoms with Crippen LogP contribution in [0.3, 0.4) is 0 Å². The summed E-state index contributed by atoms with van der Waals surface area (Å²) in [7, 11) is 0. The molecule has 0 amide bonds. The van der Waals surface area contributed by atoms with Crippen molar-refractivity contribution in [2.75, 3.05) is 52.7 Å². The van der Waals surface area contributed by atoms with E-state index in [0.29, 0.717) is 26.4 Å². The van der Waals surface area contributed by atoms with Gasteiger partial charge in [0, 0.05) is 13.2 Å². The largest absolute Gasteiger partial charge is 0.379 e. The first-order chi connectivity index (χ1) is 9.93. The van der Waals surface area contributed by atoms with Gasteiger partial charge < -0.3 is 19.5 Å². The molecule has 1 unspecified atom stereocenters. The SMILES string of the molecule is CCCCOCCOCCOCCC1CCCCNC1. The third-order valence-corrected chi connectivity index (χ3v) is 3.71. The molecule has 0 bridgehead atoms. The van der Waals surface area contributed by atoms with Gasteiger partial charge in [-0.2, -0.15) is 0 Å². The average Bonchev–Trinajstić information content (AvgIpc) is 2.73. The van der Waals surface area contributed by atoms with Gasteiger partial charge in [-0.15, -0.1) is 0 Å². The first-order valence-electron chi connectivity index (χ1n) is 8.37. The molecular formula is C16H33NO3. The number of rotatable bonds is 12. The van der Waals surface area contributed by atoms with Crippen LogP contribution >= 0.6 is 0 Å². The van der Waals surface area contributed by atoms with Crippen LogP contribution in [-0.2, 0) is 14.2 Å². The zero-order valence-electron chi connectivity index (χ0n) is 13.2. The van der Waals surface area contributed by atoms with Crippen LogP contribution in [0.25, 0.3) is 0 Å². The van der Waals surface area contributed by atoms with Crippen molar-refractivity contribution in [2.24, 2.45) is 5.92 Å². The third kappa shape index (κ3) is 10.6. The minimum Gasteiger partial charge on any atom is -0.379 e. The quantitative estimate of drug-likeness (QED) is 0.560. The van der Waals surface area contributed by atoms with Crippen LogP contribution in [0.4, 0.5) is 0 Å². The first kappa shape index (κ1) is 17.9. The second-order valence-electron chi connectivity index (χ2n) is 5.55. The first-order valence-corrected chi connectivity index (χ1v) is 8.37. The molecule has 4 nitrogen and oxygen atoms in total. The highest BCUT2D eigenvalue weighted by Gasteiger charge is 2.11. The van der Waals surface area contributed by atoms with Crippen LogP contribution in [0.1, 0.15) is 45.4 Å². The Bertz CT molecular complexity index is 194. The van der Waals surface area contributed by atoms with Gasteiger partial charge in [0.15, 0.2) is 0 Å². The highest BCUT2D eigenvalue weighted by Crippen LogP contribution is 2.14. The molecule has 1 aliphatic heterocycles. The van der Waals surface area contributed by atoms with Crippen molar-refractivity contribution < 1.29 is 14.2 Å². The molecule has 1 atom stereocenters. The molecule has 0 spiro atoms. The van der Waals surface area contributed by atoms with Gasteiger partial charge in [0.2, 0.25) is 0 Å². The van der Waals surface area contributed by atoms with Gasteiger partial charge in [0.1, 0.15) is 0 Å². The van der Waals surface area contributed by atoms with Crippen LogP contribution < -0.4 is 5.32 Å². The summed E-state index contributed by atoms with van der Waals surface area (Å²) in [6.07, 6.45) is 7.53. The molecule has 1 aliphatic rings. The number of hydrogen-bond acceptors (Lipinski definition) is 4. The van der Waals surface area contributed by atoms with Crippen molar-refractivity contribution in [3.8, 4) is 0 Å². The molecule has 1 N–H and O–H groups in total. The standard InChI is InChI=1S/C16H33NO3/c1-2-3-9-18-11-13-20-14-12-19-10-7-16-6-4-5-8-17-15-16/h16-17H,2-15H2,1H3.